The number of rotatable bonds is 9. The smallest absolute Gasteiger partial charge is 0.0224 e. The molecule has 1 N–H and O–H groups in total. The fourth-order valence-corrected chi connectivity index (χ4v) is 1.39. The molecule has 0 atom stereocenters. The second-order valence-electron chi connectivity index (χ2n) is 3.74. The molecule has 0 radical (unpaired) electrons. The van der Waals surface area contributed by atoms with E-state index in [-0.39, 0.29) is 0 Å². The first-order valence-corrected chi connectivity index (χ1v) is 6.22. The van der Waals surface area contributed by atoms with E-state index in [4.69, 9.17) is 0 Å². The lowest BCUT2D eigenvalue weighted by atomic mass is 10.1. The Morgan fingerprint density at radius 2 is 2.00 bits per heavy atom. The molecule has 0 spiro atoms. The minimum atomic E-state index is 1.08. The molecule has 2 nitrogen and oxygen atoms in total. The van der Waals surface area contributed by atoms with Gasteiger partial charge >= 0.3 is 0 Å². The van der Waals surface area contributed by atoms with Crippen LogP contribution in [0.25, 0.3) is 0 Å². The molecule has 0 aromatic heterocycles. The van der Waals surface area contributed by atoms with E-state index in [0.717, 1.165) is 25.9 Å². The Labute approximate surface area is 94.9 Å². The van der Waals surface area contributed by atoms with Gasteiger partial charge in [-0.2, -0.15) is 0 Å². The van der Waals surface area contributed by atoms with Gasteiger partial charge in [0.25, 0.3) is 0 Å². The molecule has 0 bridgehead atoms. The van der Waals surface area contributed by atoms with Crippen LogP contribution >= 0.6 is 0 Å². The third-order valence-corrected chi connectivity index (χ3v) is 2.31. The maximum atomic E-state index is 4.41. The van der Waals surface area contributed by atoms with Crippen molar-refractivity contribution in [2.24, 2.45) is 4.99 Å². The van der Waals surface area contributed by atoms with Gasteiger partial charge in [0.05, 0.1) is 0 Å². The summed E-state index contributed by atoms with van der Waals surface area (Å²) in [5.41, 5.74) is 1.32. The zero-order chi connectivity index (χ0) is 11.4. The molecule has 0 aliphatic heterocycles. The van der Waals surface area contributed by atoms with Gasteiger partial charge in [-0.1, -0.05) is 19.9 Å². The SMILES string of the molecule is C/C=C\N=C(CC)CCCCNCCC. The van der Waals surface area contributed by atoms with Crippen molar-refractivity contribution in [1.29, 1.82) is 0 Å². The van der Waals surface area contributed by atoms with Crippen LogP contribution in [0.3, 0.4) is 0 Å². The summed E-state index contributed by atoms with van der Waals surface area (Å²) in [6.07, 6.45) is 9.84. The quantitative estimate of drug-likeness (QED) is 0.457. The number of nitrogens with zero attached hydrogens (tertiary/aromatic N) is 1. The van der Waals surface area contributed by atoms with Crippen molar-refractivity contribution in [2.75, 3.05) is 13.1 Å². The van der Waals surface area contributed by atoms with E-state index in [2.05, 4.69) is 24.2 Å². The standard InChI is InChI=1S/C13H26N2/c1-4-10-14-12-8-7-9-13(6-3)15-11-5-2/h5,11,14H,4,6-10,12H2,1-3H3/b11-5-,15-13?. The number of allylic oxidation sites excluding steroid dienone is 1. The van der Waals surface area contributed by atoms with Gasteiger partial charge in [-0.15, -0.1) is 0 Å². The molecule has 0 heterocycles. The number of unbranched alkanes of at least 4 members (excludes halogenated alkanes) is 1. The number of aliphatic imine (C=N–C) groups is 1. The zero-order valence-electron chi connectivity index (χ0n) is 10.6. The lowest BCUT2D eigenvalue weighted by Crippen LogP contribution is -2.16. The third-order valence-electron chi connectivity index (χ3n) is 2.31. The normalized spacial score (nSPS) is 12.6. The van der Waals surface area contributed by atoms with Crippen molar-refractivity contribution in [1.82, 2.24) is 5.32 Å². The predicted octanol–water partition coefficient (Wildman–Crippen LogP) is 3.54. The average Bonchev–Trinajstić information content (AvgIpc) is 2.27. The van der Waals surface area contributed by atoms with Crippen LogP contribution in [0.1, 0.15) is 52.9 Å². The van der Waals surface area contributed by atoms with Gasteiger partial charge in [0.1, 0.15) is 0 Å². The Hall–Kier alpha value is -0.630. The second-order valence-corrected chi connectivity index (χ2v) is 3.74. The summed E-state index contributed by atoms with van der Waals surface area (Å²) in [5, 5.41) is 3.42. The van der Waals surface area contributed by atoms with E-state index >= 15 is 0 Å². The van der Waals surface area contributed by atoms with E-state index in [1.54, 1.807) is 0 Å². The number of nitrogens with one attached hydrogen (secondary N) is 1. The van der Waals surface area contributed by atoms with E-state index in [0.29, 0.717) is 0 Å². The third kappa shape index (κ3) is 9.67. The predicted molar refractivity (Wildman–Crippen MR) is 69.6 cm³/mol. The van der Waals surface area contributed by atoms with E-state index in [1.165, 1.54) is 25.0 Å². The van der Waals surface area contributed by atoms with E-state index < -0.39 is 0 Å². The van der Waals surface area contributed by atoms with Gasteiger partial charge in [0.2, 0.25) is 0 Å². The van der Waals surface area contributed by atoms with E-state index in [9.17, 15) is 0 Å². The molecule has 0 saturated carbocycles. The Morgan fingerprint density at radius 3 is 2.60 bits per heavy atom. The van der Waals surface area contributed by atoms with Gasteiger partial charge < -0.3 is 5.32 Å². The van der Waals surface area contributed by atoms with Crippen LogP contribution in [0.2, 0.25) is 0 Å². The van der Waals surface area contributed by atoms with Gasteiger partial charge in [-0.3, -0.25) is 4.99 Å². The summed E-state index contributed by atoms with van der Waals surface area (Å²) >= 11 is 0. The van der Waals surface area contributed by atoms with Crippen molar-refractivity contribution in [3.05, 3.63) is 12.3 Å². The van der Waals surface area contributed by atoms with Crippen LogP contribution in [-0.4, -0.2) is 18.8 Å². The van der Waals surface area contributed by atoms with Gasteiger partial charge in [0, 0.05) is 11.9 Å². The molecular formula is C13H26N2. The summed E-state index contributed by atoms with van der Waals surface area (Å²) in [7, 11) is 0. The van der Waals surface area contributed by atoms with Crippen molar-refractivity contribution in [3.63, 3.8) is 0 Å². The molecule has 0 fully saturated rings. The maximum absolute atomic E-state index is 4.41. The molecule has 0 aromatic rings. The molecule has 0 aliphatic carbocycles. The monoisotopic (exact) mass is 210 g/mol. The Bertz CT molecular complexity index is 183. The Morgan fingerprint density at radius 1 is 1.20 bits per heavy atom. The highest BCUT2D eigenvalue weighted by Crippen LogP contribution is 2.01. The Kier molecular flexibility index (Phi) is 11.0. The fraction of sp³-hybridized carbons (Fsp3) is 0.769. The summed E-state index contributed by atoms with van der Waals surface area (Å²) in [6.45, 7) is 8.68. The Balaban J connectivity index is 3.46. The molecule has 0 saturated heterocycles. The molecule has 0 amide bonds. The maximum Gasteiger partial charge on any atom is 0.0224 e. The molecule has 0 aliphatic rings. The van der Waals surface area contributed by atoms with Gasteiger partial charge in [-0.25, -0.2) is 0 Å². The fourth-order valence-electron chi connectivity index (χ4n) is 1.39. The average molecular weight is 210 g/mol. The molecule has 2 heteroatoms. The van der Waals surface area contributed by atoms with Crippen LogP contribution in [0.4, 0.5) is 0 Å². The largest absolute Gasteiger partial charge is 0.317 e. The number of hydrogen-bond donors (Lipinski definition) is 1. The topological polar surface area (TPSA) is 24.4 Å². The van der Waals surface area contributed by atoms with Crippen molar-refractivity contribution in [2.45, 2.75) is 52.9 Å². The van der Waals surface area contributed by atoms with Crippen LogP contribution in [-0.2, 0) is 0 Å². The molecule has 15 heavy (non-hydrogen) atoms. The molecule has 0 aromatic carbocycles. The van der Waals surface area contributed by atoms with Crippen LogP contribution < -0.4 is 5.32 Å². The zero-order valence-corrected chi connectivity index (χ0v) is 10.6. The van der Waals surface area contributed by atoms with Crippen LogP contribution in [0.5, 0.6) is 0 Å². The first-order valence-electron chi connectivity index (χ1n) is 6.22. The highest BCUT2D eigenvalue weighted by atomic mass is 14.8. The molecular weight excluding hydrogens is 184 g/mol. The van der Waals surface area contributed by atoms with Crippen molar-refractivity contribution >= 4 is 5.71 Å². The highest BCUT2D eigenvalue weighted by Gasteiger charge is 1.95. The summed E-state index contributed by atoms with van der Waals surface area (Å²) in [4.78, 5) is 4.41. The molecule has 0 rings (SSSR count). The highest BCUT2D eigenvalue weighted by molar-refractivity contribution is 5.84. The molecule has 0 unspecified atom stereocenters. The van der Waals surface area contributed by atoms with E-state index in [1.807, 2.05) is 19.2 Å². The van der Waals surface area contributed by atoms with Gasteiger partial charge in [-0.05, 0) is 52.1 Å². The number of hydrogen-bond acceptors (Lipinski definition) is 2. The summed E-state index contributed by atoms with van der Waals surface area (Å²) in [5.74, 6) is 0. The summed E-state index contributed by atoms with van der Waals surface area (Å²) < 4.78 is 0. The van der Waals surface area contributed by atoms with Crippen molar-refractivity contribution in [3.8, 4) is 0 Å². The lowest BCUT2D eigenvalue weighted by Gasteiger charge is -2.04. The second kappa shape index (κ2) is 11.4. The molecule has 88 valence electrons. The first kappa shape index (κ1) is 14.4. The van der Waals surface area contributed by atoms with Crippen molar-refractivity contribution < 1.29 is 0 Å². The minimum Gasteiger partial charge on any atom is -0.317 e. The van der Waals surface area contributed by atoms with Crippen LogP contribution in [0, 0.1) is 0 Å². The first-order chi connectivity index (χ1) is 7.35. The summed E-state index contributed by atoms with van der Waals surface area (Å²) in [6, 6.07) is 0. The van der Waals surface area contributed by atoms with Gasteiger partial charge in [0.15, 0.2) is 0 Å². The minimum absolute atomic E-state index is 1.08. The van der Waals surface area contributed by atoms with Crippen LogP contribution in [0.15, 0.2) is 17.3 Å². The lowest BCUT2D eigenvalue weighted by molar-refractivity contribution is 0.623.